The number of rotatable bonds is 35. The maximum absolute atomic E-state index is 11.1. The van der Waals surface area contributed by atoms with E-state index in [2.05, 4.69) is 12.2 Å². The lowest BCUT2D eigenvalue weighted by molar-refractivity contribution is -0.393. The molecule has 0 aromatic heterocycles. The Bertz CT molecular complexity index is 880. The molecule has 14 nitrogen and oxygen atoms in total. The molecule has 1 rings (SSSR count). The zero-order valence-corrected chi connectivity index (χ0v) is 27.8. The summed E-state index contributed by atoms with van der Waals surface area (Å²) in [5.41, 5.74) is -0.501. The number of benzene rings is 1. The third kappa shape index (κ3) is 24.7. The number of nitro groups is 2. The Morgan fingerprint density at radius 1 is 0.522 bits per heavy atom. The number of nitro benzene ring substituents is 2. The van der Waals surface area contributed by atoms with Crippen molar-refractivity contribution in [2.45, 2.75) is 71.1 Å². The van der Waals surface area contributed by atoms with Crippen molar-refractivity contribution < 1.29 is 43.0 Å². The third-order valence-electron chi connectivity index (χ3n) is 6.82. The Morgan fingerprint density at radius 2 is 0.913 bits per heavy atom. The van der Waals surface area contributed by atoms with Crippen molar-refractivity contribution in [3.63, 3.8) is 0 Å². The normalized spacial score (nSPS) is 11.2. The maximum Gasteiger partial charge on any atom is 0.299 e. The summed E-state index contributed by atoms with van der Waals surface area (Å²) in [4.78, 5) is 20.6. The summed E-state index contributed by atoms with van der Waals surface area (Å²) in [6.45, 7) is 9.45. The Balaban J connectivity index is 1.74. The van der Waals surface area contributed by atoms with Crippen molar-refractivity contribution in [1.29, 1.82) is 0 Å². The fraction of sp³-hybridized carbons (Fsp3) is 0.812. The molecule has 0 unspecified atom stereocenters. The van der Waals surface area contributed by atoms with Crippen LogP contribution in [0.15, 0.2) is 18.2 Å². The van der Waals surface area contributed by atoms with Gasteiger partial charge in [0, 0.05) is 19.2 Å². The van der Waals surface area contributed by atoms with Crippen LogP contribution in [0.2, 0.25) is 0 Å². The summed E-state index contributed by atoms with van der Waals surface area (Å²) in [5.74, 6) is 0. The topological polar surface area (TPSA) is 163 Å². The lowest BCUT2D eigenvalue weighted by atomic mass is 10.1. The fourth-order valence-electron chi connectivity index (χ4n) is 4.31. The third-order valence-corrected chi connectivity index (χ3v) is 6.82. The first-order valence-electron chi connectivity index (χ1n) is 16.8. The second-order valence-corrected chi connectivity index (χ2v) is 10.6. The van der Waals surface area contributed by atoms with Gasteiger partial charge in [-0.15, -0.1) is 0 Å². The van der Waals surface area contributed by atoms with Gasteiger partial charge >= 0.3 is 0 Å². The first-order chi connectivity index (χ1) is 22.6. The van der Waals surface area contributed by atoms with Crippen LogP contribution >= 0.6 is 0 Å². The van der Waals surface area contributed by atoms with E-state index < -0.39 is 9.85 Å². The van der Waals surface area contributed by atoms with E-state index in [0.29, 0.717) is 85.8 Å². The molecule has 266 valence electrons. The Kier molecular flexibility index (Phi) is 28.2. The lowest BCUT2D eigenvalue weighted by Crippen LogP contribution is -2.15. The number of hydrogen-bond acceptors (Lipinski definition) is 12. The van der Waals surface area contributed by atoms with Crippen LogP contribution in [0.1, 0.15) is 71.1 Å². The van der Waals surface area contributed by atoms with Gasteiger partial charge in [-0.1, -0.05) is 64.7 Å². The molecule has 1 N–H and O–H groups in total. The van der Waals surface area contributed by atoms with E-state index in [1.807, 2.05) is 0 Å². The number of non-ortho nitro benzene ring substituents is 1. The number of nitrogens with zero attached hydrogens (tertiary/aromatic N) is 2. The molecular weight excluding hydrogens is 602 g/mol. The molecule has 46 heavy (non-hydrogen) atoms. The molecule has 0 atom stereocenters. The molecule has 0 aliphatic carbocycles. The highest BCUT2D eigenvalue weighted by atomic mass is 16.6. The van der Waals surface area contributed by atoms with Gasteiger partial charge < -0.3 is 38.5 Å². The van der Waals surface area contributed by atoms with Gasteiger partial charge in [-0.05, 0) is 12.5 Å². The van der Waals surface area contributed by atoms with Crippen molar-refractivity contribution in [3.05, 3.63) is 38.4 Å². The molecule has 0 spiro atoms. The largest absolute Gasteiger partial charge is 0.379 e. The van der Waals surface area contributed by atoms with E-state index in [9.17, 15) is 20.2 Å². The summed E-state index contributed by atoms with van der Waals surface area (Å²) in [7, 11) is 0. The van der Waals surface area contributed by atoms with Crippen molar-refractivity contribution in [1.82, 2.24) is 0 Å². The van der Waals surface area contributed by atoms with Crippen molar-refractivity contribution in [2.24, 2.45) is 0 Å². The SMILES string of the molecule is CCCCCCCCCCCCOCCOCCOCCOCCOCCOCCOCCNc1ccc([N+](=O)[O-])cc1[N+](=O)[O-]. The Hall–Kier alpha value is -2.46. The number of nitrogens with one attached hydrogen (secondary N) is 1. The second-order valence-electron chi connectivity index (χ2n) is 10.6. The maximum atomic E-state index is 11.1. The van der Waals surface area contributed by atoms with Crippen LogP contribution in [0.3, 0.4) is 0 Å². The molecule has 0 fully saturated rings. The van der Waals surface area contributed by atoms with Gasteiger partial charge in [0.05, 0.1) is 102 Å². The van der Waals surface area contributed by atoms with E-state index in [1.165, 1.54) is 69.9 Å². The molecule has 14 heteroatoms. The van der Waals surface area contributed by atoms with E-state index >= 15 is 0 Å². The summed E-state index contributed by atoms with van der Waals surface area (Å²) < 4.78 is 38.4. The molecule has 0 aliphatic rings. The van der Waals surface area contributed by atoms with Crippen molar-refractivity contribution in [3.8, 4) is 0 Å². The van der Waals surface area contributed by atoms with Gasteiger partial charge in [0.15, 0.2) is 0 Å². The highest BCUT2D eigenvalue weighted by Crippen LogP contribution is 2.28. The van der Waals surface area contributed by atoms with Crippen molar-refractivity contribution in [2.75, 3.05) is 104 Å². The molecule has 0 bridgehead atoms. The Labute approximate surface area is 274 Å². The monoisotopic (exact) mass is 659 g/mol. The molecule has 1 aromatic rings. The van der Waals surface area contributed by atoms with E-state index in [0.717, 1.165) is 19.1 Å². The van der Waals surface area contributed by atoms with E-state index in [4.69, 9.17) is 33.2 Å². The highest BCUT2D eigenvalue weighted by Gasteiger charge is 2.19. The van der Waals surface area contributed by atoms with Crippen LogP contribution < -0.4 is 5.32 Å². The molecule has 1 aromatic carbocycles. The van der Waals surface area contributed by atoms with Gasteiger partial charge in [-0.2, -0.15) is 0 Å². The summed E-state index contributed by atoms with van der Waals surface area (Å²) in [6.07, 6.45) is 13.3. The number of ether oxygens (including phenoxy) is 7. The van der Waals surface area contributed by atoms with Crippen LogP contribution in [0.4, 0.5) is 17.1 Å². The number of unbranched alkanes of at least 4 members (excludes halogenated alkanes) is 9. The minimum Gasteiger partial charge on any atom is -0.379 e. The first kappa shape index (κ1) is 41.6. The molecule has 0 heterocycles. The minimum atomic E-state index is -0.675. The van der Waals surface area contributed by atoms with Crippen LogP contribution in [-0.4, -0.2) is 109 Å². The number of anilines is 1. The summed E-state index contributed by atoms with van der Waals surface area (Å²) >= 11 is 0. The zero-order chi connectivity index (χ0) is 33.3. The highest BCUT2D eigenvalue weighted by molar-refractivity contribution is 5.65. The number of hydrogen-bond donors (Lipinski definition) is 1. The predicted octanol–water partition coefficient (Wildman–Crippen LogP) is 5.95. The quantitative estimate of drug-likeness (QED) is 0.0518. The van der Waals surface area contributed by atoms with Crippen LogP contribution in [0, 0.1) is 20.2 Å². The van der Waals surface area contributed by atoms with Gasteiger partial charge in [-0.25, -0.2) is 0 Å². The van der Waals surface area contributed by atoms with Crippen LogP contribution in [0.25, 0.3) is 0 Å². The van der Waals surface area contributed by atoms with E-state index in [1.54, 1.807) is 0 Å². The minimum absolute atomic E-state index is 0.195. The average Bonchev–Trinajstić information content (AvgIpc) is 3.05. The van der Waals surface area contributed by atoms with Gasteiger partial charge in [0.25, 0.3) is 11.4 Å². The van der Waals surface area contributed by atoms with Gasteiger partial charge in [-0.3, -0.25) is 20.2 Å². The lowest BCUT2D eigenvalue weighted by Gasteiger charge is -2.09. The van der Waals surface area contributed by atoms with Gasteiger partial charge in [0.1, 0.15) is 5.69 Å². The average molecular weight is 660 g/mol. The molecule has 0 aliphatic heterocycles. The molecule has 0 amide bonds. The van der Waals surface area contributed by atoms with Gasteiger partial charge in [0.2, 0.25) is 0 Å². The molecule has 0 radical (unpaired) electrons. The fourth-order valence-corrected chi connectivity index (χ4v) is 4.31. The molecular formula is C32H57N3O11. The first-order valence-corrected chi connectivity index (χ1v) is 16.8. The van der Waals surface area contributed by atoms with Crippen molar-refractivity contribution >= 4 is 17.1 Å². The standard InChI is InChI=1S/C32H57N3O11/c1-2-3-4-5-6-7-8-9-10-11-15-40-17-19-42-21-23-44-25-27-46-28-26-45-24-22-43-20-18-41-16-14-33-31-13-12-30(34(36)37)29-32(31)35(38)39/h12-13,29,33H,2-11,14-28H2,1H3. The summed E-state index contributed by atoms with van der Waals surface area (Å²) in [5, 5.41) is 24.8. The molecule has 0 saturated heterocycles. The van der Waals surface area contributed by atoms with Crippen LogP contribution in [-0.2, 0) is 33.2 Å². The second kappa shape index (κ2) is 31.2. The van der Waals surface area contributed by atoms with Crippen LogP contribution in [0.5, 0.6) is 0 Å². The predicted molar refractivity (Wildman–Crippen MR) is 176 cm³/mol. The molecule has 0 saturated carbocycles. The smallest absolute Gasteiger partial charge is 0.299 e. The summed E-state index contributed by atoms with van der Waals surface area (Å²) in [6, 6.07) is 3.45. The zero-order valence-electron chi connectivity index (χ0n) is 27.8. The Morgan fingerprint density at radius 3 is 1.33 bits per heavy atom. The van der Waals surface area contributed by atoms with E-state index in [-0.39, 0.29) is 23.7 Å².